The summed E-state index contributed by atoms with van der Waals surface area (Å²) in [5, 5.41) is 10.4. The van der Waals surface area contributed by atoms with Gasteiger partial charge in [-0.25, -0.2) is 0 Å². The highest BCUT2D eigenvalue weighted by molar-refractivity contribution is 5.78. The molecule has 0 amide bonds. The largest absolute Gasteiger partial charge is 0.392 e. The highest BCUT2D eigenvalue weighted by Crippen LogP contribution is 2.41. The first-order chi connectivity index (χ1) is 9.09. The monoisotopic (exact) mass is 252 g/mol. The molecule has 98 valence electrons. The molecule has 3 rings (SSSR count). The van der Waals surface area contributed by atoms with Crippen LogP contribution in [0, 0.1) is 13.8 Å². The third-order valence-electron chi connectivity index (χ3n) is 4.41. The molecule has 0 fully saturated rings. The Hall–Kier alpha value is -1.60. The van der Waals surface area contributed by atoms with Crippen LogP contribution >= 0.6 is 0 Å². The molecule has 1 aliphatic carbocycles. The number of hydrogen-bond donors (Lipinski definition) is 1. The van der Waals surface area contributed by atoms with Gasteiger partial charge >= 0.3 is 0 Å². The summed E-state index contributed by atoms with van der Waals surface area (Å²) in [5.74, 6) is 0.182. The third-order valence-corrected chi connectivity index (χ3v) is 4.41. The van der Waals surface area contributed by atoms with Gasteiger partial charge in [0.2, 0.25) is 0 Å². The van der Waals surface area contributed by atoms with Gasteiger partial charge < -0.3 is 5.11 Å². The Labute approximate surface area is 114 Å². The highest BCUT2D eigenvalue weighted by atomic mass is 16.3. The molecule has 0 saturated heterocycles. The smallest absolute Gasteiger partial charge is 0.0646 e. The minimum Gasteiger partial charge on any atom is -0.392 e. The minimum atomic E-state index is -0.302. The zero-order valence-electron chi connectivity index (χ0n) is 11.8. The van der Waals surface area contributed by atoms with Crippen molar-refractivity contribution in [3.63, 3.8) is 0 Å². The lowest BCUT2D eigenvalue weighted by Gasteiger charge is -2.19. The van der Waals surface area contributed by atoms with Gasteiger partial charge in [-0.3, -0.25) is 0 Å². The zero-order valence-corrected chi connectivity index (χ0v) is 11.8. The molecule has 0 aromatic heterocycles. The topological polar surface area (TPSA) is 20.2 Å². The second kappa shape index (κ2) is 4.50. The molecule has 0 saturated carbocycles. The minimum absolute atomic E-state index is 0.182. The van der Waals surface area contributed by atoms with Gasteiger partial charge in [0, 0.05) is 5.92 Å². The quantitative estimate of drug-likeness (QED) is 0.751. The maximum absolute atomic E-state index is 10.4. The van der Waals surface area contributed by atoms with Crippen molar-refractivity contribution in [1.29, 1.82) is 0 Å². The van der Waals surface area contributed by atoms with Gasteiger partial charge in [-0.15, -0.1) is 0 Å². The van der Waals surface area contributed by atoms with Crippen LogP contribution in [0.25, 0.3) is 11.1 Å². The Morgan fingerprint density at radius 1 is 0.947 bits per heavy atom. The van der Waals surface area contributed by atoms with Crippen molar-refractivity contribution in [3.8, 4) is 11.1 Å². The van der Waals surface area contributed by atoms with E-state index in [1.165, 1.54) is 33.4 Å². The number of hydrogen-bond acceptors (Lipinski definition) is 1. The average Bonchev–Trinajstić information content (AvgIpc) is 2.49. The molecule has 1 nitrogen and oxygen atoms in total. The molecule has 2 aromatic carbocycles. The van der Waals surface area contributed by atoms with Gasteiger partial charge in [-0.05, 0) is 53.6 Å². The van der Waals surface area contributed by atoms with E-state index in [4.69, 9.17) is 0 Å². The second-order valence-corrected chi connectivity index (χ2v) is 5.71. The average molecular weight is 252 g/mol. The summed E-state index contributed by atoms with van der Waals surface area (Å²) in [6.45, 7) is 6.46. The maximum atomic E-state index is 10.4. The van der Waals surface area contributed by atoms with Crippen LogP contribution in [0.15, 0.2) is 36.4 Å². The van der Waals surface area contributed by atoms with Gasteiger partial charge in [0.25, 0.3) is 0 Å². The summed E-state index contributed by atoms with van der Waals surface area (Å²) in [4.78, 5) is 0. The van der Waals surface area contributed by atoms with Crippen LogP contribution < -0.4 is 0 Å². The molecule has 19 heavy (non-hydrogen) atoms. The van der Waals surface area contributed by atoms with Crippen molar-refractivity contribution in [3.05, 3.63) is 58.7 Å². The number of benzene rings is 2. The van der Waals surface area contributed by atoms with Crippen LogP contribution in [-0.4, -0.2) is 11.2 Å². The summed E-state index contributed by atoms with van der Waals surface area (Å²) in [5.41, 5.74) is 7.81. The summed E-state index contributed by atoms with van der Waals surface area (Å²) in [7, 11) is 0. The lowest BCUT2D eigenvalue weighted by molar-refractivity contribution is 0.151. The molecule has 0 bridgehead atoms. The van der Waals surface area contributed by atoms with Crippen LogP contribution in [0.5, 0.6) is 0 Å². The first-order valence-corrected chi connectivity index (χ1v) is 6.96. The van der Waals surface area contributed by atoms with Crippen molar-refractivity contribution in [1.82, 2.24) is 0 Å². The predicted octanol–water partition coefficient (Wildman–Crippen LogP) is 3.99. The number of rotatable bonds is 0. The molecule has 0 spiro atoms. The van der Waals surface area contributed by atoms with Gasteiger partial charge in [-0.1, -0.05) is 43.3 Å². The van der Waals surface area contributed by atoms with Crippen LogP contribution in [0.1, 0.15) is 35.1 Å². The van der Waals surface area contributed by atoms with Gasteiger partial charge in [-0.2, -0.15) is 0 Å². The first kappa shape index (κ1) is 12.4. The van der Waals surface area contributed by atoms with E-state index in [1.807, 2.05) is 0 Å². The predicted molar refractivity (Wildman–Crippen MR) is 79.5 cm³/mol. The molecule has 1 N–H and O–H groups in total. The summed E-state index contributed by atoms with van der Waals surface area (Å²) in [6.07, 6.45) is 0.440. The molecule has 1 aliphatic rings. The van der Waals surface area contributed by atoms with Gasteiger partial charge in [0.1, 0.15) is 0 Å². The van der Waals surface area contributed by atoms with Crippen LogP contribution in [0.2, 0.25) is 0 Å². The fourth-order valence-corrected chi connectivity index (χ4v) is 3.28. The van der Waals surface area contributed by atoms with E-state index in [9.17, 15) is 5.11 Å². The Morgan fingerprint density at radius 3 is 2.32 bits per heavy atom. The number of aliphatic hydroxyl groups is 1. The Balaban J connectivity index is 2.39. The lowest BCUT2D eigenvalue weighted by atomic mass is 9.87. The van der Waals surface area contributed by atoms with E-state index < -0.39 is 0 Å². The lowest BCUT2D eigenvalue weighted by Crippen LogP contribution is -2.17. The zero-order chi connectivity index (χ0) is 13.6. The van der Waals surface area contributed by atoms with Crippen LogP contribution in [0.3, 0.4) is 0 Å². The maximum Gasteiger partial charge on any atom is 0.0646 e. The van der Waals surface area contributed by atoms with Crippen LogP contribution in [-0.2, 0) is 6.42 Å². The molecule has 2 aromatic rings. The van der Waals surface area contributed by atoms with E-state index in [0.717, 1.165) is 6.42 Å². The standard InChI is InChI=1S/C18H20O/c1-11-6-4-8-14-10-16(19)13(3)15-9-5-7-12(2)18(15)17(11)14/h4-9,13,16,19H,10H2,1-3H3. The molecule has 0 heterocycles. The molecule has 0 aliphatic heterocycles. The molecule has 0 radical (unpaired) electrons. The third kappa shape index (κ3) is 1.89. The second-order valence-electron chi connectivity index (χ2n) is 5.71. The van der Waals surface area contributed by atoms with E-state index in [2.05, 4.69) is 57.2 Å². The Morgan fingerprint density at radius 2 is 1.58 bits per heavy atom. The summed E-state index contributed by atoms with van der Waals surface area (Å²) in [6, 6.07) is 12.8. The fraction of sp³-hybridized carbons (Fsp3) is 0.333. The summed E-state index contributed by atoms with van der Waals surface area (Å²) < 4.78 is 0. The van der Waals surface area contributed by atoms with E-state index >= 15 is 0 Å². The Kier molecular flexibility index (Phi) is 2.94. The molecule has 1 heteroatoms. The molecular weight excluding hydrogens is 232 g/mol. The normalized spacial score (nSPS) is 21.5. The van der Waals surface area contributed by atoms with Crippen LogP contribution in [0.4, 0.5) is 0 Å². The van der Waals surface area contributed by atoms with Crippen molar-refractivity contribution in [2.24, 2.45) is 0 Å². The fourth-order valence-electron chi connectivity index (χ4n) is 3.28. The molecular formula is C18H20O. The van der Waals surface area contributed by atoms with Crippen molar-refractivity contribution in [2.75, 3.05) is 0 Å². The Bertz CT molecular complexity index is 628. The number of aryl methyl sites for hydroxylation is 2. The highest BCUT2D eigenvalue weighted by Gasteiger charge is 2.27. The van der Waals surface area contributed by atoms with Crippen molar-refractivity contribution >= 4 is 0 Å². The molecule has 2 unspecified atom stereocenters. The SMILES string of the molecule is Cc1cccc2c1-c1c(C)cccc1C(C)C(O)C2. The van der Waals surface area contributed by atoms with Crippen molar-refractivity contribution in [2.45, 2.75) is 39.2 Å². The van der Waals surface area contributed by atoms with Gasteiger partial charge in [0.15, 0.2) is 0 Å². The number of fused-ring (bicyclic) bond motifs is 3. The number of aliphatic hydroxyl groups excluding tert-OH is 1. The van der Waals surface area contributed by atoms with E-state index in [-0.39, 0.29) is 12.0 Å². The first-order valence-electron chi connectivity index (χ1n) is 6.96. The molecule has 2 atom stereocenters. The van der Waals surface area contributed by atoms with E-state index in [0.29, 0.717) is 0 Å². The summed E-state index contributed by atoms with van der Waals surface area (Å²) >= 11 is 0. The van der Waals surface area contributed by atoms with E-state index in [1.54, 1.807) is 0 Å². The van der Waals surface area contributed by atoms with Crippen molar-refractivity contribution < 1.29 is 5.11 Å². The van der Waals surface area contributed by atoms with Gasteiger partial charge in [0.05, 0.1) is 6.10 Å².